The molecule has 4 aromatic rings. The molecule has 4 nitrogen and oxygen atoms in total. The van der Waals surface area contributed by atoms with E-state index in [1.54, 1.807) is 11.3 Å². The van der Waals surface area contributed by atoms with Crippen molar-refractivity contribution in [2.75, 3.05) is 12.4 Å². The molecular weight excluding hydrogens is 316 g/mol. The molecular formula is C19H18N4S. The highest BCUT2D eigenvalue weighted by Crippen LogP contribution is 2.32. The van der Waals surface area contributed by atoms with Crippen molar-refractivity contribution in [3.8, 4) is 16.4 Å². The van der Waals surface area contributed by atoms with Crippen molar-refractivity contribution < 1.29 is 0 Å². The second-order valence-corrected chi connectivity index (χ2v) is 6.42. The van der Waals surface area contributed by atoms with Gasteiger partial charge in [-0.1, -0.05) is 37.3 Å². The third kappa shape index (κ3) is 2.47. The van der Waals surface area contributed by atoms with Crippen LogP contribution in [0.4, 0.5) is 5.69 Å². The number of nitrogens with zero attached hydrogens (tertiary/aromatic N) is 3. The molecule has 2 aromatic heterocycles. The van der Waals surface area contributed by atoms with E-state index < -0.39 is 0 Å². The lowest BCUT2D eigenvalue weighted by atomic mass is 10.1. The summed E-state index contributed by atoms with van der Waals surface area (Å²) in [5.41, 5.74) is 5.34. The molecule has 120 valence electrons. The SMILES string of the molecule is CCc1csc(-n2nc(-c3ccccc3)c3ccc(NC)cc32)n1. The molecule has 0 aliphatic carbocycles. The van der Waals surface area contributed by atoms with Crippen molar-refractivity contribution in [1.82, 2.24) is 14.8 Å². The van der Waals surface area contributed by atoms with Gasteiger partial charge in [-0.05, 0) is 24.6 Å². The quantitative estimate of drug-likeness (QED) is 0.585. The number of thiazole rings is 1. The predicted octanol–water partition coefficient (Wildman–Crippen LogP) is 4.75. The van der Waals surface area contributed by atoms with Gasteiger partial charge in [0.1, 0.15) is 5.69 Å². The van der Waals surface area contributed by atoms with E-state index in [4.69, 9.17) is 10.1 Å². The molecule has 0 bridgehead atoms. The maximum Gasteiger partial charge on any atom is 0.211 e. The molecule has 0 amide bonds. The number of fused-ring (bicyclic) bond motifs is 1. The maximum absolute atomic E-state index is 4.89. The second kappa shape index (κ2) is 6.09. The van der Waals surface area contributed by atoms with E-state index in [9.17, 15) is 0 Å². The maximum atomic E-state index is 4.89. The minimum Gasteiger partial charge on any atom is -0.388 e. The Morgan fingerprint density at radius 3 is 2.67 bits per heavy atom. The number of benzene rings is 2. The Morgan fingerprint density at radius 1 is 1.12 bits per heavy atom. The van der Waals surface area contributed by atoms with Gasteiger partial charge in [0.2, 0.25) is 5.13 Å². The molecule has 0 saturated carbocycles. The number of hydrogen-bond acceptors (Lipinski definition) is 4. The Labute approximate surface area is 144 Å². The van der Waals surface area contributed by atoms with Gasteiger partial charge >= 0.3 is 0 Å². The van der Waals surface area contributed by atoms with Crippen LogP contribution in [0.1, 0.15) is 12.6 Å². The van der Waals surface area contributed by atoms with Gasteiger partial charge in [-0.15, -0.1) is 11.3 Å². The van der Waals surface area contributed by atoms with E-state index >= 15 is 0 Å². The fourth-order valence-electron chi connectivity index (χ4n) is 2.78. The first kappa shape index (κ1) is 14.9. The lowest BCUT2D eigenvalue weighted by Crippen LogP contribution is -1.97. The zero-order chi connectivity index (χ0) is 16.5. The summed E-state index contributed by atoms with van der Waals surface area (Å²) in [4.78, 5) is 4.71. The number of nitrogens with one attached hydrogen (secondary N) is 1. The van der Waals surface area contributed by atoms with Gasteiger partial charge in [-0.25, -0.2) is 9.67 Å². The first-order chi connectivity index (χ1) is 11.8. The summed E-state index contributed by atoms with van der Waals surface area (Å²) >= 11 is 1.63. The Hall–Kier alpha value is -2.66. The van der Waals surface area contributed by atoms with Crippen LogP contribution >= 0.6 is 11.3 Å². The Morgan fingerprint density at radius 2 is 1.96 bits per heavy atom. The molecule has 0 saturated heterocycles. The predicted molar refractivity (Wildman–Crippen MR) is 101 cm³/mol. The van der Waals surface area contributed by atoms with Crippen LogP contribution in [0, 0.1) is 0 Å². The normalized spacial score (nSPS) is 11.1. The first-order valence-corrected chi connectivity index (χ1v) is 8.89. The average Bonchev–Trinajstić information content (AvgIpc) is 3.26. The van der Waals surface area contributed by atoms with E-state index in [-0.39, 0.29) is 0 Å². The molecule has 2 aromatic carbocycles. The van der Waals surface area contributed by atoms with Gasteiger partial charge < -0.3 is 5.32 Å². The van der Waals surface area contributed by atoms with Gasteiger partial charge in [0, 0.05) is 29.1 Å². The monoisotopic (exact) mass is 334 g/mol. The summed E-state index contributed by atoms with van der Waals surface area (Å²) in [5.74, 6) is 0. The number of hydrogen-bond donors (Lipinski definition) is 1. The largest absolute Gasteiger partial charge is 0.388 e. The van der Waals surface area contributed by atoms with Gasteiger partial charge in [0.05, 0.1) is 11.2 Å². The smallest absolute Gasteiger partial charge is 0.211 e. The highest BCUT2D eigenvalue weighted by atomic mass is 32.1. The lowest BCUT2D eigenvalue weighted by molar-refractivity contribution is 0.889. The standard InChI is InChI=1S/C19H18N4S/c1-3-14-12-24-19(21-14)23-17-11-15(20-2)9-10-16(17)18(22-23)13-7-5-4-6-8-13/h4-12,20H,3H2,1-2H3. The fraction of sp³-hybridized carbons (Fsp3) is 0.158. The summed E-state index contributed by atoms with van der Waals surface area (Å²) in [7, 11) is 1.93. The highest BCUT2D eigenvalue weighted by Gasteiger charge is 2.15. The molecule has 0 spiro atoms. The fourth-order valence-corrected chi connectivity index (χ4v) is 3.65. The molecule has 0 radical (unpaired) electrons. The molecule has 5 heteroatoms. The van der Waals surface area contributed by atoms with E-state index in [1.807, 2.05) is 29.9 Å². The van der Waals surface area contributed by atoms with Crippen LogP contribution in [0.3, 0.4) is 0 Å². The van der Waals surface area contributed by atoms with Gasteiger partial charge in [-0.3, -0.25) is 0 Å². The highest BCUT2D eigenvalue weighted by molar-refractivity contribution is 7.12. The number of aromatic nitrogens is 3. The van der Waals surface area contributed by atoms with Crippen LogP contribution in [-0.2, 0) is 6.42 Å². The van der Waals surface area contributed by atoms with E-state index in [2.05, 4.69) is 48.0 Å². The van der Waals surface area contributed by atoms with Gasteiger partial charge in [0.25, 0.3) is 0 Å². The number of aryl methyl sites for hydroxylation is 1. The van der Waals surface area contributed by atoms with Crippen molar-refractivity contribution in [3.05, 3.63) is 59.6 Å². The topological polar surface area (TPSA) is 42.7 Å². The third-order valence-corrected chi connectivity index (χ3v) is 4.96. The van der Waals surface area contributed by atoms with E-state index in [0.717, 1.165) is 45.1 Å². The summed E-state index contributed by atoms with van der Waals surface area (Å²) in [6.07, 6.45) is 0.934. The van der Waals surface area contributed by atoms with E-state index in [1.165, 1.54) is 0 Å². The Bertz CT molecular complexity index is 985. The number of rotatable bonds is 4. The lowest BCUT2D eigenvalue weighted by Gasteiger charge is -2.02. The number of anilines is 1. The Balaban J connectivity index is 1.98. The van der Waals surface area contributed by atoms with Crippen molar-refractivity contribution in [3.63, 3.8) is 0 Å². The summed E-state index contributed by atoms with van der Waals surface area (Å²) in [5, 5.41) is 12.2. The average molecular weight is 334 g/mol. The minimum atomic E-state index is 0.910. The Kier molecular flexibility index (Phi) is 3.78. The molecule has 0 fully saturated rings. The van der Waals surface area contributed by atoms with Crippen LogP contribution in [0.2, 0.25) is 0 Å². The van der Waals surface area contributed by atoms with Crippen molar-refractivity contribution >= 4 is 27.9 Å². The van der Waals surface area contributed by atoms with Crippen LogP contribution in [0.5, 0.6) is 0 Å². The zero-order valence-electron chi connectivity index (χ0n) is 13.7. The molecule has 4 rings (SSSR count). The summed E-state index contributed by atoms with van der Waals surface area (Å²) < 4.78 is 1.96. The molecule has 0 aliphatic rings. The molecule has 2 heterocycles. The van der Waals surface area contributed by atoms with Gasteiger partial charge in [0.15, 0.2) is 0 Å². The van der Waals surface area contributed by atoms with Crippen LogP contribution in [-0.4, -0.2) is 21.8 Å². The molecule has 0 atom stereocenters. The van der Waals surface area contributed by atoms with Crippen LogP contribution in [0.25, 0.3) is 27.3 Å². The summed E-state index contributed by atoms with van der Waals surface area (Å²) in [6.45, 7) is 2.12. The zero-order valence-corrected chi connectivity index (χ0v) is 14.5. The molecule has 0 aliphatic heterocycles. The third-order valence-electron chi connectivity index (χ3n) is 4.10. The van der Waals surface area contributed by atoms with Crippen LogP contribution in [0.15, 0.2) is 53.9 Å². The minimum absolute atomic E-state index is 0.910. The van der Waals surface area contributed by atoms with Crippen molar-refractivity contribution in [1.29, 1.82) is 0 Å². The van der Waals surface area contributed by atoms with Crippen molar-refractivity contribution in [2.45, 2.75) is 13.3 Å². The first-order valence-electron chi connectivity index (χ1n) is 8.01. The second-order valence-electron chi connectivity index (χ2n) is 5.58. The molecule has 24 heavy (non-hydrogen) atoms. The summed E-state index contributed by atoms with van der Waals surface area (Å²) in [6, 6.07) is 16.6. The molecule has 0 unspecified atom stereocenters. The molecule has 1 N–H and O–H groups in total. The van der Waals surface area contributed by atoms with Crippen molar-refractivity contribution in [2.24, 2.45) is 0 Å². The van der Waals surface area contributed by atoms with Crippen LogP contribution < -0.4 is 5.32 Å². The van der Waals surface area contributed by atoms with E-state index in [0.29, 0.717) is 0 Å². The van der Waals surface area contributed by atoms with Gasteiger partial charge in [-0.2, -0.15) is 5.10 Å².